The minimum Gasteiger partial charge on any atom is -0.477 e. The molecule has 1 aliphatic rings. The van der Waals surface area contributed by atoms with Gasteiger partial charge in [0.25, 0.3) is 5.91 Å². The third kappa shape index (κ3) is 4.26. The first-order valence-corrected chi connectivity index (χ1v) is 8.74. The van der Waals surface area contributed by atoms with Gasteiger partial charge in [-0.2, -0.15) is 18.3 Å². The van der Waals surface area contributed by atoms with Crippen molar-refractivity contribution in [2.75, 3.05) is 18.0 Å². The van der Waals surface area contributed by atoms with Crippen LogP contribution in [0.1, 0.15) is 19.0 Å². The van der Waals surface area contributed by atoms with E-state index >= 15 is 0 Å². The Hall–Kier alpha value is -3.04. The van der Waals surface area contributed by atoms with Gasteiger partial charge in [0.1, 0.15) is 12.3 Å². The number of hydrogen-bond donors (Lipinski definition) is 1. The summed E-state index contributed by atoms with van der Waals surface area (Å²) in [5.41, 5.74) is -0.616. The molecule has 0 spiro atoms. The number of rotatable bonds is 5. The molecule has 1 N–H and O–H groups in total. The molecule has 0 radical (unpaired) electrons. The number of benzene rings is 1. The van der Waals surface area contributed by atoms with Gasteiger partial charge in [-0.25, -0.2) is 0 Å². The first kappa shape index (κ1) is 19.7. The molecule has 10 heteroatoms. The number of halogens is 3. The Morgan fingerprint density at radius 1 is 1.29 bits per heavy atom. The van der Waals surface area contributed by atoms with Crippen molar-refractivity contribution in [3.8, 4) is 5.75 Å². The molecule has 150 valence electrons. The SMILES string of the molecule is CCCNC(=O)[C@@H]1CN(C(=O)Cn2ccc(C(F)(F)F)n2)c2ccccc2O1. The molecule has 0 unspecified atom stereocenters. The lowest BCUT2D eigenvalue weighted by Gasteiger charge is -2.34. The molecular weight excluding hydrogens is 377 g/mol. The van der Waals surface area contributed by atoms with E-state index < -0.39 is 30.4 Å². The van der Waals surface area contributed by atoms with Crippen LogP contribution in [0.3, 0.4) is 0 Å². The highest BCUT2D eigenvalue weighted by Gasteiger charge is 2.35. The predicted molar refractivity (Wildman–Crippen MR) is 93.7 cm³/mol. The lowest BCUT2D eigenvalue weighted by Crippen LogP contribution is -2.51. The van der Waals surface area contributed by atoms with Gasteiger partial charge in [-0.3, -0.25) is 14.3 Å². The van der Waals surface area contributed by atoms with Crippen LogP contribution in [0.4, 0.5) is 18.9 Å². The molecule has 7 nitrogen and oxygen atoms in total. The van der Waals surface area contributed by atoms with Gasteiger partial charge in [-0.15, -0.1) is 0 Å². The molecule has 2 aromatic rings. The molecule has 28 heavy (non-hydrogen) atoms. The average molecular weight is 396 g/mol. The number of anilines is 1. The summed E-state index contributed by atoms with van der Waals surface area (Å²) in [6.45, 7) is 1.95. The van der Waals surface area contributed by atoms with Gasteiger partial charge in [0.05, 0.1) is 12.2 Å². The van der Waals surface area contributed by atoms with Gasteiger partial charge >= 0.3 is 6.18 Å². The first-order chi connectivity index (χ1) is 13.3. The molecule has 2 amide bonds. The van der Waals surface area contributed by atoms with E-state index in [2.05, 4.69) is 10.4 Å². The molecule has 1 atom stereocenters. The number of hydrogen-bond acceptors (Lipinski definition) is 4. The molecule has 1 aliphatic heterocycles. The van der Waals surface area contributed by atoms with E-state index in [0.29, 0.717) is 18.0 Å². The number of amides is 2. The molecule has 0 bridgehead atoms. The lowest BCUT2D eigenvalue weighted by atomic mass is 10.1. The van der Waals surface area contributed by atoms with Crippen LogP contribution in [0, 0.1) is 0 Å². The zero-order valence-electron chi connectivity index (χ0n) is 15.1. The highest BCUT2D eigenvalue weighted by Crippen LogP contribution is 2.33. The van der Waals surface area contributed by atoms with E-state index in [0.717, 1.165) is 23.4 Å². The summed E-state index contributed by atoms with van der Waals surface area (Å²) in [5.74, 6) is -0.497. The number of nitrogens with one attached hydrogen (secondary N) is 1. The number of carbonyl (C=O) groups excluding carboxylic acids is 2. The Balaban J connectivity index is 1.79. The largest absolute Gasteiger partial charge is 0.477 e. The minimum atomic E-state index is -4.58. The van der Waals surface area contributed by atoms with E-state index in [1.54, 1.807) is 24.3 Å². The second-order valence-electron chi connectivity index (χ2n) is 6.27. The number of alkyl halides is 3. The third-order valence-corrected chi connectivity index (χ3v) is 4.14. The second kappa shape index (κ2) is 7.91. The molecule has 0 fully saturated rings. The Morgan fingerprint density at radius 3 is 2.71 bits per heavy atom. The summed E-state index contributed by atoms with van der Waals surface area (Å²) in [4.78, 5) is 26.4. The van der Waals surface area contributed by atoms with E-state index in [1.165, 1.54) is 4.90 Å². The maximum Gasteiger partial charge on any atom is 0.435 e. The van der Waals surface area contributed by atoms with Crippen molar-refractivity contribution < 1.29 is 27.5 Å². The van der Waals surface area contributed by atoms with Gasteiger partial charge in [0.2, 0.25) is 5.91 Å². The molecule has 0 saturated heterocycles. The number of nitrogens with zero attached hydrogens (tertiary/aromatic N) is 3. The summed E-state index contributed by atoms with van der Waals surface area (Å²) in [5, 5.41) is 6.12. The van der Waals surface area contributed by atoms with Crippen molar-refractivity contribution in [3.05, 3.63) is 42.2 Å². The number of para-hydroxylation sites is 2. The van der Waals surface area contributed by atoms with Gasteiger partial charge in [0, 0.05) is 12.7 Å². The van der Waals surface area contributed by atoms with Crippen LogP contribution in [0.25, 0.3) is 0 Å². The number of fused-ring (bicyclic) bond motifs is 1. The van der Waals surface area contributed by atoms with Gasteiger partial charge in [0.15, 0.2) is 11.8 Å². The molecule has 0 saturated carbocycles. The number of aromatic nitrogens is 2. The van der Waals surface area contributed by atoms with E-state index in [4.69, 9.17) is 4.74 Å². The molecule has 0 aliphatic carbocycles. The molecular formula is C18H19F3N4O3. The summed E-state index contributed by atoms with van der Waals surface area (Å²) in [6.07, 6.45) is -3.65. The van der Waals surface area contributed by atoms with Crippen molar-refractivity contribution in [1.29, 1.82) is 0 Å². The lowest BCUT2D eigenvalue weighted by molar-refractivity contribution is -0.141. The maximum absolute atomic E-state index is 12.8. The Labute approximate surface area is 159 Å². The number of carbonyl (C=O) groups is 2. The Bertz CT molecular complexity index is 866. The second-order valence-corrected chi connectivity index (χ2v) is 6.27. The topological polar surface area (TPSA) is 76.5 Å². The summed E-state index contributed by atoms with van der Waals surface area (Å²) >= 11 is 0. The fourth-order valence-electron chi connectivity index (χ4n) is 2.79. The van der Waals surface area contributed by atoms with Crippen LogP contribution in [0.15, 0.2) is 36.5 Å². The monoisotopic (exact) mass is 396 g/mol. The molecule has 2 heterocycles. The van der Waals surface area contributed by atoms with Crippen molar-refractivity contribution in [3.63, 3.8) is 0 Å². The van der Waals surface area contributed by atoms with Crippen LogP contribution in [0.2, 0.25) is 0 Å². The van der Waals surface area contributed by atoms with Crippen molar-refractivity contribution in [1.82, 2.24) is 15.1 Å². The summed E-state index contributed by atoms with van der Waals surface area (Å²) in [7, 11) is 0. The van der Waals surface area contributed by atoms with Crippen LogP contribution in [-0.2, 0) is 22.3 Å². The van der Waals surface area contributed by atoms with Crippen molar-refractivity contribution in [2.45, 2.75) is 32.2 Å². The smallest absolute Gasteiger partial charge is 0.435 e. The van der Waals surface area contributed by atoms with Crippen LogP contribution in [-0.4, -0.2) is 40.8 Å². The van der Waals surface area contributed by atoms with Gasteiger partial charge in [-0.05, 0) is 24.6 Å². The zero-order valence-corrected chi connectivity index (χ0v) is 15.1. The van der Waals surface area contributed by atoms with Crippen LogP contribution in [0.5, 0.6) is 5.75 Å². The fourth-order valence-corrected chi connectivity index (χ4v) is 2.79. The highest BCUT2D eigenvalue weighted by molar-refractivity contribution is 5.97. The van der Waals surface area contributed by atoms with Crippen LogP contribution < -0.4 is 15.0 Å². The normalized spacial score (nSPS) is 16.3. The van der Waals surface area contributed by atoms with Gasteiger partial charge in [-0.1, -0.05) is 19.1 Å². The Morgan fingerprint density at radius 2 is 2.04 bits per heavy atom. The fraction of sp³-hybridized carbons (Fsp3) is 0.389. The summed E-state index contributed by atoms with van der Waals surface area (Å²) < 4.78 is 44.7. The van der Waals surface area contributed by atoms with Crippen molar-refractivity contribution >= 4 is 17.5 Å². The maximum atomic E-state index is 12.8. The predicted octanol–water partition coefficient (Wildman–Crippen LogP) is 2.22. The van der Waals surface area contributed by atoms with Crippen LogP contribution >= 0.6 is 0 Å². The quantitative estimate of drug-likeness (QED) is 0.841. The van der Waals surface area contributed by atoms with Gasteiger partial charge < -0.3 is 15.0 Å². The molecule has 1 aromatic carbocycles. The molecule has 3 rings (SSSR count). The van der Waals surface area contributed by atoms with Crippen molar-refractivity contribution in [2.24, 2.45) is 0 Å². The standard InChI is InChI=1S/C18H19F3N4O3/c1-2-8-22-17(27)14-10-25(12-5-3-4-6-13(12)28-14)16(26)11-24-9-7-15(23-24)18(19,20)21/h3-7,9,14H,2,8,10-11H2,1H3,(H,22,27)/t14-/m0/s1. The van der Waals surface area contributed by atoms with E-state index in [-0.39, 0.29) is 12.5 Å². The highest BCUT2D eigenvalue weighted by atomic mass is 19.4. The minimum absolute atomic E-state index is 0.0429. The van der Waals surface area contributed by atoms with E-state index in [9.17, 15) is 22.8 Å². The third-order valence-electron chi connectivity index (χ3n) is 4.14. The van der Waals surface area contributed by atoms with E-state index in [1.807, 2.05) is 6.92 Å². The average Bonchev–Trinajstić information content (AvgIpc) is 3.14. The summed E-state index contributed by atoms with van der Waals surface area (Å²) in [6, 6.07) is 7.50. The zero-order chi connectivity index (χ0) is 20.3. The Kier molecular flexibility index (Phi) is 5.57. The molecule has 1 aromatic heterocycles. The first-order valence-electron chi connectivity index (χ1n) is 8.74. The number of ether oxygens (including phenoxy) is 1.